The van der Waals surface area contributed by atoms with Gasteiger partial charge < -0.3 is 0 Å². The Kier molecular flexibility index (Phi) is 7.33. The first-order valence-corrected chi connectivity index (χ1v) is 14.2. The van der Waals surface area contributed by atoms with Gasteiger partial charge in [-0.2, -0.15) is 4.31 Å². The molecule has 0 aliphatic rings. The molecule has 0 aliphatic heterocycles. The molecule has 2 aromatic carbocycles. The van der Waals surface area contributed by atoms with E-state index >= 15 is 0 Å². The molecule has 0 aliphatic carbocycles. The largest absolute Gasteiger partial charge is 0.298 e. The molecule has 0 radical (unpaired) electrons. The molecule has 0 atom stereocenters. The smallest absolute Gasteiger partial charge is 0.257 e. The number of sulfone groups is 1. The van der Waals surface area contributed by atoms with Gasteiger partial charge in [0.15, 0.2) is 15.0 Å². The monoisotopic (exact) mass is 495 g/mol. The van der Waals surface area contributed by atoms with E-state index in [1.807, 2.05) is 6.92 Å². The zero-order valence-corrected chi connectivity index (χ0v) is 20.5. The Morgan fingerprint density at radius 2 is 1.69 bits per heavy atom. The van der Waals surface area contributed by atoms with Crippen molar-refractivity contribution in [3.8, 4) is 0 Å². The van der Waals surface area contributed by atoms with Crippen LogP contribution in [0.4, 0.5) is 5.13 Å². The van der Waals surface area contributed by atoms with Crippen LogP contribution in [-0.2, 0) is 19.9 Å². The number of carbonyl (C=O) groups excluding carboxylic acids is 1. The number of thiazole rings is 1. The highest BCUT2D eigenvalue weighted by atomic mass is 32.2. The normalized spacial score (nSPS) is 12.4. The maximum Gasteiger partial charge on any atom is 0.257 e. The van der Waals surface area contributed by atoms with Crippen molar-refractivity contribution in [2.45, 2.75) is 36.5 Å². The van der Waals surface area contributed by atoms with Crippen LogP contribution in [0.5, 0.6) is 0 Å². The number of unbranched alkanes of at least 4 members (excludes halogenated alkanes) is 1. The minimum Gasteiger partial charge on any atom is -0.298 e. The molecule has 1 heterocycles. The lowest BCUT2D eigenvalue weighted by Gasteiger charge is -2.20. The van der Waals surface area contributed by atoms with Crippen molar-refractivity contribution in [2.75, 3.05) is 24.7 Å². The van der Waals surface area contributed by atoms with Gasteiger partial charge in [-0.3, -0.25) is 10.1 Å². The van der Waals surface area contributed by atoms with Gasteiger partial charge in [0.25, 0.3) is 5.91 Å². The molecule has 0 saturated carbocycles. The average Bonchev–Trinajstić information content (AvgIpc) is 3.15. The second kappa shape index (κ2) is 9.65. The number of hydrogen-bond donors (Lipinski definition) is 1. The maximum atomic E-state index is 12.8. The van der Waals surface area contributed by atoms with E-state index in [0.29, 0.717) is 28.4 Å². The minimum atomic E-state index is -3.62. The van der Waals surface area contributed by atoms with Crippen molar-refractivity contribution in [3.05, 3.63) is 48.0 Å². The van der Waals surface area contributed by atoms with Crippen LogP contribution >= 0.6 is 11.3 Å². The fourth-order valence-corrected chi connectivity index (χ4v) is 6.18. The molecule has 0 unspecified atom stereocenters. The molecule has 0 saturated heterocycles. The number of fused-ring (bicyclic) bond motifs is 1. The van der Waals surface area contributed by atoms with E-state index in [2.05, 4.69) is 10.3 Å². The number of sulfonamides is 1. The van der Waals surface area contributed by atoms with Crippen LogP contribution in [0.3, 0.4) is 0 Å². The molecular weight excluding hydrogens is 470 g/mol. The molecule has 0 spiro atoms. The van der Waals surface area contributed by atoms with Gasteiger partial charge in [0.1, 0.15) is 0 Å². The molecule has 0 bridgehead atoms. The molecule has 1 N–H and O–H groups in total. The predicted octanol–water partition coefficient (Wildman–Crippen LogP) is 3.76. The summed E-state index contributed by atoms with van der Waals surface area (Å²) in [5.41, 5.74) is 0.863. The van der Waals surface area contributed by atoms with E-state index in [1.54, 1.807) is 13.0 Å². The van der Waals surface area contributed by atoms with Gasteiger partial charge in [0.05, 0.1) is 20.0 Å². The fourth-order valence-electron chi connectivity index (χ4n) is 3.07. The number of nitrogens with zero attached hydrogens (tertiary/aromatic N) is 2. The summed E-state index contributed by atoms with van der Waals surface area (Å²) in [5, 5.41) is 3.01. The van der Waals surface area contributed by atoms with E-state index in [9.17, 15) is 21.6 Å². The van der Waals surface area contributed by atoms with Gasteiger partial charge >= 0.3 is 0 Å². The quantitative estimate of drug-likeness (QED) is 0.483. The second-order valence-corrected chi connectivity index (χ2v) is 12.2. The SMILES string of the molecule is CCCCN(CC)S(=O)(=O)c1ccc(C(=O)Nc2nc3ccc(S(C)(=O)=O)cc3s2)cc1. The van der Waals surface area contributed by atoms with Gasteiger partial charge in [-0.15, -0.1) is 0 Å². The van der Waals surface area contributed by atoms with Crippen LogP contribution in [0.2, 0.25) is 0 Å². The van der Waals surface area contributed by atoms with E-state index in [-0.39, 0.29) is 15.4 Å². The number of nitrogens with one attached hydrogen (secondary N) is 1. The summed E-state index contributed by atoms with van der Waals surface area (Å²) < 4.78 is 51.1. The topological polar surface area (TPSA) is 114 Å². The highest BCUT2D eigenvalue weighted by Crippen LogP contribution is 2.28. The number of aromatic nitrogens is 1. The number of rotatable bonds is 9. The van der Waals surface area contributed by atoms with Gasteiger partial charge in [0.2, 0.25) is 10.0 Å². The number of hydrogen-bond acceptors (Lipinski definition) is 7. The van der Waals surface area contributed by atoms with Crippen molar-refractivity contribution < 1.29 is 21.6 Å². The Hall–Kier alpha value is -2.34. The Morgan fingerprint density at radius 1 is 1.03 bits per heavy atom. The van der Waals surface area contributed by atoms with Crippen LogP contribution in [0.15, 0.2) is 52.3 Å². The van der Waals surface area contributed by atoms with Crippen LogP contribution in [0.1, 0.15) is 37.0 Å². The van der Waals surface area contributed by atoms with Crippen LogP contribution in [0.25, 0.3) is 10.2 Å². The van der Waals surface area contributed by atoms with Crippen molar-refractivity contribution in [3.63, 3.8) is 0 Å². The molecule has 3 rings (SSSR count). The van der Waals surface area contributed by atoms with Gasteiger partial charge in [-0.05, 0) is 48.9 Å². The summed E-state index contributed by atoms with van der Waals surface area (Å²) in [6, 6.07) is 10.4. The van der Waals surface area contributed by atoms with Gasteiger partial charge in [-0.1, -0.05) is 31.6 Å². The predicted molar refractivity (Wildman–Crippen MR) is 126 cm³/mol. The Bertz CT molecular complexity index is 1330. The Balaban J connectivity index is 1.77. The van der Waals surface area contributed by atoms with Gasteiger partial charge in [-0.25, -0.2) is 21.8 Å². The summed E-state index contributed by atoms with van der Waals surface area (Å²) >= 11 is 1.16. The first-order chi connectivity index (χ1) is 15.1. The summed E-state index contributed by atoms with van der Waals surface area (Å²) in [6.07, 6.45) is 2.80. The third kappa shape index (κ3) is 5.34. The van der Waals surface area contributed by atoms with E-state index < -0.39 is 25.8 Å². The number of benzene rings is 2. The zero-order valence-electron chi connectivity index (χ0n) is 18.0. The minimum absolute atomic E-state index is 0.139. The first-order valence-electron chi connectivity index (χ1n) is 10.1. The molecule has 172 valence electrons. The summed E-state index contributed by atoms with van der Waals surface area (Å²) in [5.74, 6) is -0.435. The lowest BCUT2D eigenvalue weighted by atomic mass is 10.2. The van der Waals surface area contributed by atoms with Crippen molar-refractivity contribution in [2.24, 2.45) is 0 Å². The van der Waals surface area contributed by atoms with E-state index in [1.165, 1.54) is 40.7 Å². The maximum absolute atomic E-state index is 12.8. The molecule has 1 amide bonds. The first kappa shape index (κ1) is 24.3. The molecule has 32 heavy (non-hydrogen) atoms. The zero-order chi connectivity index (χ0) is 23.5. The van der Waals surface area contributed by atoms with Crippen LogP contribution < -0.4 is 5.32 Å². The van der Waals surface area contributed by atoms with Crippen LogP contribution in [0, 0.1) is 0 Å². The highest BCUT2D eigenvalue weighted by Gasteiger charge is 2.23. The lowest BCUT2D eigenvalue weighted by molar-refractivity contribution is 0.102. The molecule has 8 nitrogen and oxygen atoms in total. The molecule has 3 aromatic rings. The highest BCUT2D eigenvalue weighted by molar-refractivity contribution is 7.90. The third-order valence-electron chi connectivity index (χ3n) is 4.88. The van der Waals surface area contributed by atoms with Crippen molar-refractivity contribution in [1.82, 2.24) is 9.29 Å². The fraction of sp³-hybridized carbons (Fsp3) is 0.333. The average molecular weight is 496 g/mol. The standard InChI is InChI=1S/C21H25N3O5S3/c1-4-6-13-24(5-2)32(28,29)16-9-7-15(8-10-16)20(25)23-21-22-18-12-11-17(31(3,26)27)14-19(18)30-21/h7-12,14H,4-6,13H2,1-3H3,(H,22,23,25). The van der Waals surface area contributed by atoms with E-state index in [4.69, 9.17) is 0 Å². The van der Waals surface area contributed by atoms with Crippen LogP contribution in [-0.4, -0.2) is 51.4 Å². The number of anilines is 1. The Morgan fingerprint density at radius 3 is 2.28 bits per heavy atom. The molecule has 11 heteroatoms. The molecular formula is C21H25N3O5S3. The summed E-state index contributed by atoms with van der Waals surface area (Å²) in [6.45, 7) is 4.63. The van der Waals surface area contributed by atoms with E-state index in [0.717, 1.165) is 30.4 Å². The summed E-state index contributed by atoms with van der Waals surface area (Å²) in [4.78, 5) is 17.2. The lowest BCUT2D eigenvalue weighted by Crippen LogP contribution is -2.31. The van der Waals surface area contributed by atoms with Crippen molar-refractivity contribution >= 4 is 52.5 Å². The van der Waals surface area contributed by atoms with Crippen molar-refractivity contribution in [1.29, 1.82) is 0 Å². The van der Waals surface area contributed by atoms with Gasteiger partial charge in [0, 0.05) is 24.9 Å². The molecule has 0 fully saturated rings. The number of amides is 1. The summed E-state index contributed by atoms with van der Waals surface area (Å²) in [7, 11) is -6.96. The third-order valence-corrected chi connectivity index (χ3v) is 8.91. The molecule has 1 aromatic heterocycles. The second-order valence-electron chi connectivity index (χ2n) is 7.25. The number of carbonyl (C=O) groups is 1. The Labute approximate surface area is 192 Å².